The molecule has 4 heterocycles. The van der Waals surface area contributed by atoms with Crippen molar-refractivity contribution in [1.29, 1.82) is 0 Å². The molecule has 40 heavy (non-hydrogen) atoms. The number of rotatable bonds is 9. The van der Waals surface area contributed by atoms with Crippen LogP contribution >= 0.6 is 11.6 Å². The predicted molar refractivity (Wildman–Crippen MR) is 134 cm³/mol. The molecule has 1 aromatic carbocycles. The van der Waals surface area contributed by atoms with E-state index in [0.29, 0.717) is 15.9 Å². The summed E-state index contributed by atoms with van der Waals surface area (Å²) < 4.78 is 49.3. The first-order valence-electron chi connectivity index (χ1n) is 11.7. The zero-order valence-corrected chi connectivity index (χ0v) is 21.4. The van der Waals surface area contributed by atoms with Gasteiger partial charge in [-0.05, 0) is 28.6 Å². The third kappa shape index (κ3) is 5.41. The summed E-state index contributed by atoms with van der Waals surface area (Å²) in [6, 6.07) is 6.27. The van der Waals surface area contributed by atoms with Gasteiger partial charge in [0.15, 0.2) is 12.0 Å². The van der Waals surface area contributed by atoms with Crippen LogP contribution in [-0.4, -0.2) is 53.0 Å². The van der Waals surface area contributed by atoms with Gasteiger partial charge in [0, 0.05) is 42.9 Å². The maximum Gasteiger partial charge on any atom is 0.345 e. The molecule has 4 aromatic heterocycles. The van der Waals surface area contributed by atoms with E-state index in [1.54, 1.807) is 6.20 Å². The second kappa shape index (κ2) is 11.2. The topological polar surface area (TPSA) is 132 Å². The van der Waals surface area contributed by atoms with Crippen molar-refractivity contribution in [1.82, 2.24) is 39.8 Å². The van der Waals surface area contributed by atoms with Crippen LogP contribution in [0, 0.1) is 11.0 Å². The lowest BCUT2D eigenvalue weighted by Gasteiger charge is -2.18. The normalized spacial score (nSPS) is 12.2. The molecule has 206 valence electrons. The number of aryl methyl sites for hydroxylation is 1. The monoisotopic (exact) mass is 573 g/mol. The Morgan fingerprint density at radius 2 is 1.93 bits per heavy atom. The van der Waals surface area contributed by atoms with Gasteiger partial charge in [-0.1, -0.05) is 11.6 Å². The summed E-state index contributed by atoms with van der Waals surface area (Å²) in [5.41, 5.74) is 1.16. The molecule has 1 unspecified atom stereocenters. The zero-order valence-electron chi connectivity index (χ0n) is 20.6. The molecule has 5 aromatic rings. The van der Waals surface area contributed by atoms with E-state index in [9.17, 15) is 18.8 Å². The molecule has 5 rings (SSSR count). The fourth-order valence-electron chi connectivity index (χ4n) is 4.15. The van der Waals surface area contributed by atoms with Crippen LogP contribution in [0.1, 0.15) is 18.2 Å². The first-order chi connectivity index (χ1) is 19.2. The van der Waals surface area contributed by atoms with Crippen LogP contribution in [0.15, 0.2) is 66.2 Å². The second-order valence-electron chi connectivity index (χ2n) is 8.53. The van der Waals surface area contributed by atoms with E-state index < -0.39 is 18.5 Å². The minimum absolute atomic E-state index is 0.0203. The largest absolute Gasteiger partial charge is 0.618 e. The highest BCUT2D eigenvalue weighted by Gasteiger charge is 2.26. The molecule has 12 nitrogen and oxygen atoms in total. The van der Waals surface area contributed by atoms with Gasteiger partial charge >= 0.3 is 6.61 Å². The summed E-state index contributed by atoms with van der Waals surface area (Å²) in [5.74, 6) is -0.788. The standard InChI is InChI=1S/C24H19ClF3N9O3/c1-34-21(38)8-15(9-30-34)16-10-31-35(11-16)18(6-7-40-24(27)28)19-4-2-14(12-37(19)39)22-20(36-13-29-32-33-36)5-3-17(25)23(22)26/h2-5,8-13,18,24H,6-7H2,1H3. The van der Waals surface area contributed by atoms with E-state index >= 15 is 4.39 Å². The van der Waals surface area contributed by atoms with Crippen LogP contribution in [0.25, 0.3) is 27.9 Å². The number of nitrogens with zero attached hydrogens (tertiary/aromatic N) is 9. The molecule has 1 atom stereocenters. The lowest BCUT2D eigenvalue weighted by Crippen LogP contribution is -2.36. The Balaban J connectivity index is 1.54. The van der Waals surface area contributed by atoms with Crippen molar-refractivity contribution in [2.24, 2.45) is 7.05 Å². The molecule has 0 aliphatic heterocycles. The first kappa shape index (κ1) is 27.0. The minimum Gasteiger partial charge on any atom is -0.618 e. The van der Waals surface area contributed by atoms with Crippen molar-refractivity contribution in [2.45, 2.75) is 19.1 Å². The molecule has 0 aliphatic rings. The predicted octanol–water partition coefficient (Wildman–Crippen LogP) is 2.93. The fraction of sp³-hybridized carbons (Fsp3) is 0.208. The van der Waals surface area contributed by atoms with Crippen molar-refractivity contribution in [2.75, 3.05) is 6.61 Å². The number of alkyl halides is 2. The molecule has 0 spiro atoms. The molecule has 0 aliphatic carbocycles. The summed E-state index contributed by atoms with van der Waals surface area (Å²) in [5, 5.41) is 32.3. The Hall–Kier alpha value is -4.63. The summed E-state index contributed by atoms with van der Waals surface area (Å²) >= 11 is 6.02. The molecule has 0 fully saturated rings. The highest BCUT2D eigenvalue weighted by molar-refractivity contribution is 6.31. The minimum atomic E-state index is -3.00. The molecule has 0 saturated heterocycles. The van der Waals surface area contributed by atoms with Gasteiger partial charge in [0.25, 0.3) is 5.56 Å². The van der Waals surface area contributed by atoms with Crippen LogP contribution in [0.2, 0.25) is 5.02 Å². The Bertz CT molecular complexity index is 1710. The van der Waals surface area contributed by atoms with Crippen LogP contribution in [0.4, 0.5) is 13.2 Å². The van der Waals surface area contributed by atoms with Crippen LogP contribution < -0.4 is 10.3 Å². The van der Waals surface area contributed by atoms with Crippen LogP contribution in [0.5, 0.6) is 0 Å². The molecule has 0 amide bonds. The number of ether oxygens (including phenoxy) is 1. The van der Waals surface area contributed by atoms with Gasteiger partial charge in [0.2, 0.25) is 5.69 Å². The Morgan fingerprint density at radius 1 is 1.12 bits per heavy atom. The maximum atomic E-state index is 15.2. The quantitative estimate of drug-likeness (QED) is 0.194. The van der Waals surface area contributed by atoms with E-state index in [0.717, 1.165) is 10.9 Å². The second-order valence-corrected chi connectivity index (χ2v) is 8.94. The molecule has 16 heteroatoms. The average Bonchev–Trinajstić information content (AvgIpc) is 3.63. The smallest absolute Gasteiger partial charge is 0.345 e. The van der Waals surface area contributed by atoms with Gasteiger partial charge in [-0.25, -0.2) is 9.07 Å². The SMILES string of the molecule is Cn1ncc(-c2cnn(C(CCOC(F)F)c3ccc(-c4c(-n5cnnn5)ccc(Cl)c4F)c[n+]3[O-])c2)cc1=O. The van der Waals surface area contributed by atoms with Crippen molar-refractivity contribution < 1.29 is 22.6 Å². The van der Waals surface area contributed by atoms with E-state index in [1.165, 1.54) is 65.5 Å². The highest BCUT2D eigenvalue weighted by atomic mass is 35.5. The van der Waals surface area contributed by atoms with Crippen LogP contribution in [0.3, 0.4) is 0 Å². The number of benzene rings is 1. The Kier molecular flexibility index (Phi) is 7.57. The van der Waals surface area contributed by atoms with Crippen molar-refractivity contribution >= 4 is 11.6 Å². The summed E-state index contributed by atoms with van der Waals surface area (Å²) in [6.07, 6.45) is 6.84. The van der Waals surface area contributed by atoms with Gasteiger partial charge in [-0.15, -0.1) is 5.10 Å². The molecule has 0 bridgehead atoms. The third-order valence-corrected chi connectivity index (χ3v) is 6.39. The molecule has 0 N–H and O–H groups in total. The van der Waals surface area contributed by atoms with Crippen molar-refractivity contribution in [3.05, 3.63) is 93.5 Å². The van der Waals surface area contributed by atoms with Gasteiger partial charge in [0.1, 0.15) is 12.4 Å². The summed E-state index contributed by atoms with van der Waals surface area (Å²) in [7, 11) is 1.51. The number of aromatic nitrogens is 9. The highest BCUT2D eigenvalue weighted by Crippen LogP contribution is 2.33. The lowest BCUT2D eigenvalue weighted by atomic mass is 10.0. The Labute approximate surface area is 228 Å². The third-order valence-electron chi connectivity index (χ3n) is 6.10. The number of halogens is 4. The zero-order chi connectivity index (χ0) is 28.4. The Morgan fingerprint density at radius 3 is 2.62 bits per heavy atom. The summed E-state index contributed by atoms with van der Waals surface area (Å²) in [6.45, 7) is -3.39. The van der Waals surface area contributed by atoms with Gasteiger partial charge in [-0.2, -0.15) is 28.4 Å². The number of hydrogen-bond donors (Lipinski definition) is 0. The van der Waals surface area contributed by atoms with Crippen molar-refractivity contribution in [3.63, 3.8) is 0 Å². The van der Waals surface area contributed by atoms with E-state index in [4.69, 9.17) is 11.6 Å². The van der Waals surface area contributed by atoms with Crippen LogP contribution in [-0.2, 0) is 11.8 Å². The van der Waals surface area contributed by atoms with E-state index in [2.05, 4.69) is 30.5 Å². The van der Waals surface area contributed by atoms with Gasteiger partial charge in [0.05, 0.1) is 40.8 Å². The number of tetrazole rings is 1. The molecule has 0 saturated carbocycles. The molecular weight excluding hydrogens is 555 g/mol. The molecular formula is C24H19ClF3N9O3. The van der Waals surface area contributed by atoms with Crippen molar-refractivity contribution in [3.8, 4) is 27.9 Å². The van der Waals surface area contributed by atoms with Gasteiger partial charge < -0.3 is 9.94 Å². The number of pyridine rings is 1. The van der Waals surface area contributed by atoms with E-state index in [-0.39, 0.29) is 46.1 Å². The fourth-order valence-corrected chi connectivity index (χ4v) is 4.30. The van der Waals surface area contributed by atoms with Gasteiger partial charge in [-0.3, -0.25) is 9.48 Å². The maximum absolute atomic E-state index is 15.2. The van der Waals surface area contributed by atoms with E-state index in [1.807, 2.05) is 0 Å². The number of hydrogen-bond acceptors (Lipinski definition) is 8. The first-order valence-corrected chi connectivity index (χ1v) is 12.0. The molecule has 0 radical (unpaired) electrons. The average molecular weight is 574 g/mol. The lowest BCUT2D eigenvalue weighted by molar-refractivity contribution is -0.615. The summed E-state index contributed by atoms with van der Waals surface area (Å²) in [4.78, 5) is 12.0.